The van der Waals surface area contributed by atoms with Gasteiger partial charge in [-0.05, 0) is 11.6 Å². The van der Waals surface area contributed by atoms with Crippen LogP contribution < -0.4 is 5.69 Å². The topological polar surface area (TPSA) is 61.5 Å². The lowest BCUT2D eigenvalue weighted by atomic mass is 10.1. The van der Waals surface area contributed by atoms with Gasteiger partial charge in [0, 0.05) is 6.42 Å². The summed E-state index contributed by atoms with van der Waals surface area (Å²) in [5.74, 6) is 0.136. The van der Waals surface area contributed by atoms with Crippen LogP contribution in [0, 0.1) is 5.82 Å². The van der Waals surface area contributed by atoms with Crippen LogP contribution in [0.1, 0.15) is 11.4 Å². The summed E-state index contributed by atoms with van der Waals surface area (Å²) in [4.78, 5) is 13.2. The zero-order valence-corrected chi connectivity index (χ0v) is 7.25. The van der Waals surface area contributed by atoms with Crippen molar-refractivity contribution in [3.63, 3.8) is 0 Å². The summed E-state index contributed by atoms with van der Waals surface area (Å²) in [5, 5.41) is 5.92. The van der Waals surface area contributed by atoms with Gasteiger partial charge in [0.25, 0.3) is 0 Å². The third kappa shape index (κ3) is 1.71. The second-order valence-corrected chi connectivity index (χ2v) is 2.89. The van der Waals surface area contributed by atoms with Crippen molar-refractivity contribution in [1.29, 1.82) is 0 Å². The second-order valence-electron chi connectivity index (χ2n) is 2.89. The molecule has 0 atom stereocenters. The molecule has 5 heteroatoms. The molecule has 0 amide bonds. The largest absolute Gasteiger partial charge is 0.340 e. The van der Waals surface area contributed by atoms with Crippen molar-refractivity contribution in [2.24, 2.45) is 0 Å². The number of nitrogens with zero attached hydrogens (tertiary/aromatic N) is 1. The van der Waals surface area contributed by atoms with Gasteiger partial charge in [-0.1, -0.05) is 18.2 Å². The first-order chi connectivity index (χ1) is 6.75. The molecule has 0 saturated heterocycles. The van der Waals surface area contributed by atoms with E-state index in [2.05, 4.69) is 15.2 Å². The van der Waals surface area contributed by atoms with Gasteiger partial charge in [0.15, 0.2) is 0 Å². The SMILES string of the molecule is O=c1[nH]nc(Cc2ccccc2F)[nH]1. The number of nitrogens with one attached hydrogen (secondary N) is 2. The highest BCUT2D eigenvalue weighted by atomic mass is 19.1. The first-order valence-corrected chi connectivity index (χ1v) is 4.12. The number of hydrogen-bond donors (Lipinski definition) is 2. The molecular weight excluding hydrogens is 185 g/mol. The van der Waals surface area contributed by atoms with Gasteiger partial charge in [-0.2, -0.15) is 5.10 Å². The first-order valence-electron chi connectivity index (χ1n) is 4.12. The van der Waals surface area contributed by atoms with Gasteiger partial charge in [0.2, 0.25) is 0 Å². The molecule has 0 saturated carbocycles. The second kappa shape index (κ2) is 3.45. The predicted molar refractivity (Wildman–Crippen MR) is 48.4 cm³/mol. The van der Waals surface area contributed by atoms with Gasteiger partial charge in [-0.15, -0.1) is 0 Å². The number of rotatable bonds is 2. The van der Waals surface area contributed by atoms with Crippen LogP contribution in [0.25, 0.3) is 0 Å². The Morgan fingerprint density at radius 2 is 2.14 bits per heavy atom. The zero-order valence-electron chi connectivity index (χ0n) is 7.25. The van der Waals surface area contributed by atoms with Crippen LogP contribution in [-0.4, -0.2) is 15.2 Å². The van der Waals surface area contributed by atoms with E-state index < -0.39 is 0 Å². The molecule has 0 unspecified atom stereocenters. The zero-order chi connectivity index (χ0) is 9.97. The molecule has 0 fully saturated rings. The van der Waals surface area contributed by atoms with E-state index >= 15 is 0 Å². The van der Waals surface area contributed by atoms with Crippen LogP contribution in [0.3, 0.4) is 0 Å². The van der Waals surface area contributed by atoms with Crippen LogP contribution in [-0.2, 0) is 6.42 Å². The van der Waals surface area contributed by atoms with E-state index in [9.17, 15) is 9.18 Å². The van der Waals surface area contributed by atoms with Crippen LogP contribution in [0.2, 0.25) is 0 Å². The Bertz CT molecular complexity index is 489. The monoisotopic (exact) mass is 193 g/mol. The van der Waals surface area contributed by atoms with Crippen LogP contribution in [0.4, 0.5) is 4.39 Å². The fraction of sp³-hybridized carbons (Fsp3) is 0.111. The number of H-pyrrole nitrogens is 2. The molecule has 72 valence electrons. The Kier molecular flexibility index (Phi) is 2.14. The van der Waals surface area contributed by atoms with Crippen molar-refractivity contribution in [1.82, 2.24) is 15.2 Å². The summed E-state index contributed by atoms with van der Waals surface area (Å²) in [6.45, 7) is 0. The summed E-state index contributed by atoms with van der Waals surface area (Å²) in [6.07, 6.45) is 0.283. The van der Waals surface area contributed by atoms with E-state index in [1.165, 1.54) is 6.07 Å². The molecule has 14 heavy (non-hydrogen) atoms. The molecule has 0 spiro atoms. The lowest BCUT2D eigenvalue weighted by Gasteiger charge is -1.98. The first kappa shape index (κ1) is 8.68. The Morgan fingerprint density at radius 1 is 1.36 bits per heavy atom. The average Bonchev–Trinajstić information content (AvgIpc) is 2.56. The van der Waals surface area contributed by atoms with E-state index in [0.717, 1.165) is 0 Å². The summed E-state index contributed by atoms with van der Waals surface area (Å²) in [6, 6.07) is 6.39. The van der Waals surface area contributed by atoms with E-state index in [-0.39, 0.29) is 17.9 Å². The Hall–Kier alpha value is -1.91. The normalized spacial score (nSPS) is 10.4. The van der Waals surface area contributed by atoms with E-state index in [1.807, 2.05) is 0 Å². The molecule has 0 bridgehead atoms. The highest BCUT2D eigenvalue weighted by Crippen LogP contribution is 2.08. The van der Waals surface area contributed by atoms with Crippen molar-refractivity contribution >= 4 is 0 Å². The maximum absolute atomic E-state index is 13.2. The molecule has 0 aliphatic rings. The lowest BCUT2D eigenvalue weighted by Crippen LogP contribution is -2.01. The van der Waals surface area contributed by atoms with E-state index in [4.69, 9.17) is 0 Å². The standard InChI is InChI=1S/C9H8FN3O/c10-7-4-2-1-3-6(7)5-8-11-9(14)13-12-8/h1-4H,5H2,(H2,11,12,13,14). The van der Waals surface area contributed by atoms with Crippen molar-refractivity contribution in [3.05, 3.63) is 52.0 Å². The fourth-order valence-corrected chi connectivity index (χ4v) is 1.21. The smallest absolute Gasteiger partial charge is 0.293 e. The minimum atomic E-state index is -0.378. The van der Waals surface area contributed by atoms with Gasteiger partial charge in [-0.3, -0.25) is 4.98 Å². The number of benzene rings is 1. The molecular formula is C9H8FN3O. The van der Waals surface area contributed by atoms with Crippen molar-refractivity contribution in [2.45, 2.75) is 6.42 Å². The molecule has 0 aliphatic carbocycles. The van der Waals surface area contributed by atoms with Crippen LogP contribution in [0.5, 0.6) is 0 Å². The Labute approximate surface area is 78.8 Å². The highest BCUT2D eigenvalue weighted by Gasteiger charge is 2.04. The van der Waals surface area contributed by atoms with Gasteiger partial charge in [-0.25, -0.2) is 14.3 Å². The number of aromatic amines is 2. The number of hydrogen-bond acceptors (Lipinski definition) is 2. The summed E-state index contributed by atoms with van der Waals surface area (Å²) >= 11 is 0. The van der Waals surface area contributed by atoms with E-state index in [1.54, 1.807) is 18.2 Å². The summed E-state index contributed by atoms with van der Waals surface area (Å²) < 4.78 is 13.2. The highest BCUT2D eigenvalue weighted by molar-refractivity contribution is 5.20. The predicted octanol–water partition coefficient (Wildman–Crippen LogP) is 0.828. The molecule has 1 heterocycles. The van der Waals surface area contributed by atoms with Gasteiger partial charge in [0.05, 0.1) is 0 Å². The van der Waals surface area contributed by atoms with Crippen molar-refractivity contribution in [3.8, 4) is 0 Å². The van der Waals surface area contributed by atoms with Gasteiger partial charge in [0.1, 0.15) is 11.6 Å². The fourth-order valence-electron chi connectivity index (χ4n) is 1.21. The maximum atomic E-state index is 13.2. The third-order valence-electron chi connectivity index (χ3n) is 1.87. The van der Waals surface area contributed by atoms with E-state index in [0.29, 0.717) is 11.4 Å². The molecule has 4 nitrogen and oxygen atoms in total. The van der Waals surface area contributed by atoms with Crippen LogP contribution in [0.15, 0.2) is 29.1 Å². The molecule has 0 aliphatic heterocycles. The van der Waals surface area contributed by atoms with Crippen LogP contribution >= 0.6 is 0 Å². The number of aromatic nitrogens is 3. The van der Waals surface area contributed by atoms with Crippen molar-refractivity contribution in [2.75, 3.05) is 0 Å². The molecule has 0 radical (unpaired) electrons. The summed E-state index contributed by atoms with van der Waals surface area (Å²) in [7, 11) is 0. The van der Waals surface area contributed by atoms with Crippen molar-refractivity contribution < 1.29 is 4.39 Å². The molecule has 1 aromatic carbocycles. The summed E-state index contributed by atoms with van der Waals surface area (Å²) in [5.41, 5.74) is 0.131. The maximum Gasteiger partial charge on any atom is 0.340 e. The lowest BCUT2D eigenvalue weighted by molar-refractivity contribution is 0.612. The minimum absolute atomic E-state index is 0.283. The molecule has 2 N–H and O–H groups in total. The molecule has 2 aromatic rings. The molecule has 2 rings (SSSR count). The average molecular weight is 193 g/mol. The van der Waals surface area contributed by atoms with Gasteiger partial charge >= 0.3 is 5.69 Å². The Balaban J connectivity index is 2.27. The molecule has 1 aromatic heterocycles. The quantitative estimate of drug-likeness (QED) is 0.742. The van der Waals surface area contributed by atoms with Gasteiger partial charge < -0.3 is 0 Å². The number of halogens is 1. The minimum Gasteiger partial charge on any atom is -0.293 e. The Morgan fingerprint density at radius 3 is 2.79 bits per heavy atom. The third-order valence-corrected chi connectivity index (χ3v) is 1.87.